The molecular formula is C9H14O2S. The van der Waals surface area contributed by atoms with Crippen LogP contribution in [0.25, 0.3) is 0 Å². The largest absolute Gasteiger partial charge is 0.388 e. The van der Waals surface area contributed by atoms with E-state index in [4.69, 9.17) is 4.74 Å². The zero-order valence-corrected chi connectivity index (χ0v) is 8.17. The Bertz CT molecular complexity index is 208. The number of hydrogen-bond donors (Lipinski definition) is 1. The van der Waals surface area contributed by atoms with Gasteiger partial charge < -0.3 is 9.84 Å². The number of aliphatic hydroxyl groups is 1. The van der Waals surface area contributed by atoms with Gasteiger partial charge in [-0.3, -0.25) is 0 Å². The van der Waals surface area contributed by atoms with E-state index in [1.807, 2.05) is 23.8 Å². The fourth-order valence-electron chi connectivity index (χ4n) is 1.13. The summed E-state index contributed by atoms with van der Waals surface area (Å²) in [5.41, 5.74) is 0.990. The zero-order chi connectivity index (χ0) is 8.97. The monoisotopic (exact) mass is 186 g/mol. The fraction of sp³-hybridized carbons (Fsp3) is 0.556. The molecule has 1 aromatic heterocycles. The predicted octanol–water partition coefficient (Wildman–Crippen LogP) is 2.06. The molecule has 1 rings (SSSR count). The molecule has 2 unspecified atom stereocenters. The van der Waals surface area contributed by atoms with Crippen molar-refractivity contribution in [3.05, 3.63) is 22.4 Å². The molecule has 0 aliphatic carbocycles. The molecule has 12 heavy (non-hydrogen) atoms. The second-order valence-corrected chi connectivity index (χ2v) is 3.71. The molecule has 2 atom stereocenters. The van der Waals surface area contributed by atoms with Gasteiger partial charge in [0.25, 0.3) is 0 Å². The molecule has 68 valence electrons. The molecule has 0 fully saturated rings. The van der Waals surface area contributed by atoms with Gasteiger partial charge in [-0.05, 0) is 22.4 Å². The normalized spacial score (nSPS) is 15.9. The van der Waals surface area contributed by atoms with E-state index >= 15 is 0 Å². The van der Waals surface area contributed by atoms with E-state index in [0.717, 1.165) is 5.56 Å². The van der Waals surface area contributed by atoms with Crippen LogP contribution in [0.5, 0.6) is 0 Å². The molecule has 3 heteroatoms. The van der Waals surface area contributed by atoms with Crippen molar-refractivity contribution in [2.45, 2.75) is 13.0 Å². The molecule has 0 amide bonds. The van der Waals surface area contributed by atoms with Crippen LogP contribution in [0, 0.1) is 5.92 Å². The maximum absolute atomic E-state index is 9.74. The second kappa shape index (κ2) is 4.60. The zero-order valence-electron chi connectivity index (χ0n) is 7.36. The third kappa shape index (κ3) is 2.30. The first-order valence-electron chi connectivity index (χ1n) is 3.94. The van der Waals surface area contributed by atoms with E-state index in [1.165, 1.54) is 0 Å². The Kier molecular flexibility index (Phi) is 3.72. The molecule has 0 aliphatic rings. The third-order valence-corrected chi connectivity index (χ3v) is 2.55. The molecule has 1 N–H and O–H groups in total. The minimum Gasteiger partial charge on any atom is -0.388 e. The summed E-state index contributed by atoms with van der Waals surface area (Å²) in [6.45, 7) is 2.57. The van der Waals surface area contributed by atoms with Crippen LogP contribution in [-0.4, -0.2) is 18.8 Å². The molecule has 0 aromatic carbocycles. The van der Waals surface area contributed by atoms with E-state index < -0.39 is 6.10 Å². The number of ether oxygens (including phenoxy) is 1. The van der Waals surface area contributed by atoms with Crippen LogP contribution in [0.15, 0.2) is 16.8 Å². The number of hydrogen-bond acceptors (Lipinski definition) is 3. The molecule has 2 nitrogen and oxygen atoms in total. The molecule has 0 saturated heterocycles. The molecule has 0 bridgehead atoms. The SMILES string of the molecule is COCC(C)C(O)c1ccsc1. The summed E-state index contributed by atoms with van der Waals surface area (Å²) in [6.07, 6.45) is -0.392. The highest BCUT2D eigenvalue weighted by atomic mass is 32.1. The van der Waals surface area contributed by atoms with Gasteiger partial charge in [0.2, 0.25) is 0 Å². The van der Waals surface area contributed by atoms with Gasteiger partial charge in [-0.1, -0.05) is 6.92 Å². The molecule has 0 saturated carbocycles. The van der Waals surface area contributed by atoms with Crippen molar-refractivity contribution < 1.29 is 9.84 Å². The first kappa shape index (κ1) is 9.71. The van der Waals surface area contributed by atoms with Crippen LogP contribution in [0.3, 0.4) is 0 Å². The molecule has 0 radical (unpaired) electrons. The van der Waals surface area contributed by atoms with Gasteiger partial charge in [0.15, 0.2) is 0 Å². The minimum absolute atomic E-state index is 0.157. The summed E-state index contributed by atoms with van der Waals surface area (Å²) in [7, 11) is 1.65. The highest BCUT2D eigenvalue weighted by molar-refractivity contribution is 7.07. The second-order valence-electron chi connectivity index (χ2n) is 2.93. The Balaban J connectivity index is 2.53. The standard InChI is InChI=1S/C9H14O2S/c1-7(5-11-2)9(10)8-3-4-12-6-8/h3-4,6-7,9-10H,5H2,1-2H3. The van der Waals surface area contributed by atoms with Gasteiger partial charge in [-0.25, -0.2) is 0 Å². The fourth-order valence-corrected chi connectivity index (χ4v) is 1.82. The van der Waals surface area contributed by atoms with E-state index in [9.17, 15) is 5.11 Å². The lowest BCUT2D eigenvalue weighted by Crippen LogP contribution is -2.13. The van der Waals surface area contributed by atoms with Crippen molar-refractivity contribution >= 4 is 11.3 Å². The average molecular weight is 186 g/mol. The smallest absolute Gasteiger partial charge is 0.0845 e. The van der Waals surface area contributed by atoms with Gasteiger partial charge in [-0.15, -0.1) is 0 Å². The average Bonchev–Trinajstić information content (AvgIpc) is 2.55. The first-order chi connectivity index (χ1) is 5.75. The van der Waals surface area contributed by atoms with Gasteiger partial charge >= 0.3 is 0 Å². The minimum atomic E-state index is -0.392. The summed E-state index contributed by atoms with van der Waals surface area (Å²) in [5, 5.41) is 13.7. The lowest BCUT2D eigenvalue weighted by molar-refractivity contribution is 0.0569. The Morgan fingerprint density at radius 3 is 2.92 bits per heavy atom. The van der Waals surface area contributed by atoms with Crippen LogP contribution < -0.4 is 0 Å². The third-order valence-electron chi connectivity index (χ3n) is 1.85. The number of methoxy groups -OCH3 is 1. The maximum Gasteiger partial charge on any atom is 0.0845 e. The Morgan fingerprint density at radius 2 is 2.42 bits per heavy atom. The quantitative estimate of drug-likeness (QED) is 0.780. The lowest BCUT2D eigenvalue weighted by atomic mass is 10.0. The van der Waals surface area contributed by atoms with Crippen LogP contribution in [0.1, 0.15) is 18.6 Å². The molecule has 1 heterocycles. The number of rotatable bonds is 4. The molecule has 0 aliphatic heterocycles. The summed E-state index contributed by atoms with van der Waals surface area (Å²) in [4.78, 5) is 0. The summed E-state index contributed by atoms with van der Waals surface area (Å²) in [6, 6.07) is 1.95. The first-order valence-corrected chi connectivity index (χ1v) is 4.89. The summed E-state index contributed by atoms with van der Waals surface area (Å²) in [5.74, 6) is 0.157. The van der Waals surface area contributed by atoms with Gasteiger partial charge in [-0.2, -0.15) is 11.3 Å². The Morgan fingerprint density at radius 1 is 1.67 bits per heavy atom. The van der Waals surface area contributed by atoms with Gasteiger partial charge in [0.1, 0.15) is 0 Å². The van der Waals surface area contributed by atoms with Crippen LogP contribution in [0.4, 0.5) is 0 Å². The summed E-state index contributed by atoms with van der Waals surface area (Å²) >= 11 is 1.60. The van der Waals surface area contributed by atoms with Crippen molar-refractivity contribution in [2.75, 3.05) is 13.7 Å². The highest BCUT2D eigenvalue weighted by Crippen LogP contribution is 2.23. The van der Waals surface area contributed by atoms with Crippen molar-refractivity contribution in [1.29, 1.82) is 0 Å². The van der Waals surface area contributed by atoms with Gasteiger partial charge in [0.05, 0.1) is 12.7 Å². The van der Waals surface area contributed by atoms with E-state index in [0.29, 0.717) is 6.61 Å². The van der Waals surface area contributed by atoms with Crippen LogP contribution >= 0.6 is 11.3 Å². The van der Waals surface area contributed by atoms with Crippen molar-refractivity contribution in [3.8, 4) is 0 Å². The maximum atomic E-state index is 9.74. The molecule has 1 aromatic rings. The molecular weight excluding hydrogens is 172 g/mol. The van der Waals surface area contributed by atoms with Crippen LogP contribution in [-0.2, 0) is 4.74 Å². The topological polar surface area (TPSA) is 29.5 Å². The Labute approximate surface area is 76.8 Å². The van der Waals surface area contributed by atoms with Crippen molar-refractivity contribution in [1.82, 2.24) is 0 Å². The van der Waals surface area contributed by atoms with E-state index in [-0.39, 0.29) is 5.92 Å². The Hall–Kier alpha value is -0.380. The number of aliphatic hydroxyl groups excluding tert-OH is 1. The van der Waals surface area contributed by atoms with Crippen molar-refractivity contribution in [2.24, 2.45) is 5.92 Å². The van der Waals surface area contributed by atoms with Crippen molar-refractivity contribution in [3.63, 3.8) is 0 Å². The van der Waals surface area contributed by atoms with Crippen LogP contribution in [0.2, 0.25) is 0 Å². The highest BCUT2D eigenvalue weighted by Gasteiger charge is 2.15. The van der Waals surface area contributed by atoms with Gasteiger partial charge in [0, 0.05) is 13.0 Å². The predicted molar refractivity (Wildman–Crippen MR) is 50.3 cm³/mol. The lowest BCUT2D eigenvalue weighted by Gasteiger charge is -2.16. The molecule has 0 spiro atoms. The number of thiophene rings is 1. The summed E-state index contributed by atoms with van der Waals surface area (Å²) < 4.78 is 4.97. The van der Waals surface area contributed by atoms with E-state index in [2.05, 4.69) is 0 Å². The van der Waals surface area contributed by atoms with E-state index in [1.54, 1.807) is 18.4 Å².